The second-order valence-corrected chi connectivity index (χ2v) is 10.9. The van der Waals surface area contributed by atoms with Gasteiger partial charge in [0.05, 0.1) is 0 Å². The molecule has 2 heterocycles. The van der Waals surface area contributed by atoms with Crippen molar-refractivity contribution in [2.45, 2.75) is 34.6 Å². The van der Waals surface area contributed by atoms with Gasteiger partial charge in [-0.1, -0.05) is 65.7 Å². The number of ether oxygens (including phenoxy) is 1. The number of rotatable bonds is 2. The predicted octanol–water partition coefficient (Wildman–Crippen LogP) is 7.30. The zero-order chi connectivity index (χ0) is 26.1. The van der Waals surface area contributed by atoms with Gasteiger partial charge in [-0.3, -0.25) is 0 Å². The van der Waals surface area contributed by atoms with Crippen molar-refractivity contribution in [1.29, 1.82) is 0 Å². The van der Waals surface area contributed by atoms with Crippen LogP contribution >= 0.6 is 0 Å². The Labute approximate surface area is 225 Å². The minimum atomic E-state index is 0.120. The zero-order valence-corrected chi connectivity index (χ0v) is 22.6. The molecule has 7 rings (SSSR count). The number of fused-ring (bicyclic) bond motifs is 4. The lowest BCUT2D eigenvalue weighted by Gasteiger charge is -2.41. The van der Waals surface area contributed by atoms with E-state index in [2.05, 4.69) is 131 Å². The van der Waals surface area contributed by atoms with Crippen molar-refractivity contribution < 1.29 is 4.74 Å². The normalized spacial score (nSPS) is 13.0. The molecule has 0 bridgehead atoms. The minimum absolute atomic E-state index is 0.120. The van der Waals surface area contributed by atoms with E-state index in [-0.39, 0.29) is 6.71 Å². The fourth-order valence-electron chi connectivity index (χ4n) is 6.84. The molecule has 0 N–H and O–H groups in total. The number of para-hydroxylation sites is 2. The van der Waals surface area contributed by atoms with Gasteiger partial charge in [-0.25, -0.2) is 0 Å². The quantitative estimate of drug-likeness (QED) is 0.235. The minimum Gasteiger partial charge on any atom is -0.458 e. The average molecular weight is 491 g/mol. The van der Waals surface area contributed by atoms with Gasteiger partial charge in [0.25, 0.3) is 6.71 Å². The van der Waals surface area contributed by atoms with Crippen LogP contribution in [0.15, 0.2) is 91.0 Å². The maximum Gasteiger partial charge on any atom is 0.256 e. The molecular weight excluding hydrogens is 461 g/mol. The summed E-state index contributed by atoms with van der Waals surface area (Å²) in [5.74, 6) is 1.90. The molecule has 2 aliphatic rings. The second kappa shape index (κ2) is 8.39. The first-order valence-electron chi connectivity index (χ1n) is 13.4. The van der Waals surface area contributed by atoms with E-state index in [4.69, 9.17) is 4.74 Å². The summed E-state index contributed by atoms with van der Waals surface area (Å²) in [5.41, 5.74) is 16.4. The van der Waals surface area contributed by atoms with Crippen molar-refractivity contribution >= 4 is 40.2 Å². The Morgan fingerprint density at radius 1 is 0.579 bits per heavy atom. The lowest BCUT2D eigenvalue weighted by atomic mass is 9.33. The van der Waals surface area contributed by atoms with E-state index >= 15 is 0 Å². The van der Waals surface area contributed by atoms with Gasteiger partial charge in [0.15, 0.2) is 0 Å². The first kappa shape index (κ1) is 22.9. The summed E-state index contributed by atoms with van der Waals surface area (Å²) in [6, 6.07) is 33.2. The van der Waals surface area contributed by atoms with Crippen LogP contribution in [0.3, 0.4) is 0 Å². The monoisotopic (exact) mass is 491 g/mol. The van der Waals surface area contributed by atoms with Crippen LogP contribution in [0, 0.1) is 34.6 Å². The topological polar surface area (TPSA) is 12.5 Å². The molecule has 0 amide bonds. The Morgan fingerprint density at radius 3 is 1.97 bits per heavy atom. The summed E-state index contributed by atoms with van der Waals surface area (Å²) in [6.45, 7) is 11.2. The van der Waals surface area contributed by atoms with Crippen LogP contribution in [-0.4, -0.2) is 6.71 Å². The molecule has 0 spiro atoms. The van der Waals surface area contributed by atoms with Gasteiger partial charge in [0.2, 0.25) is 0 Å². The second-order valence-electron chi connectivity index (χ2n) is 10.9. The number of aryl methyl sites for hydroxylation is 5. The Kier molecular flexibility index (Phi) is 5.06. The van der Waals surface area contributed by atoms with Crippen LogP contribution in [0.1, 0.15) is 27.8 Å². The number of hydrogen-bond donors (Lipinski definition) is 0. The molecule has 0 saturated carbocycles. The number of anilines is 3. The van der Waals surface area contributed by atoms with Crippen molar-refractivity contribution in [3.8, 4) is 22.6 Å². The fraction of sp³-hybridized carbons (Fsp3) is 0.143. The van der Waals surface area contributed by atoms with Crippen LogP contribution in [0.25, 0.3) is 11.1 Å². The van der Waals surface area contributed by atoms with Gasteiger partial charge in [-0.2, -0.15) is 0 Å². The van der Waals surface area contributed by atoms with Gasteiger partial charge in [0, 0.05) is 17.1 Å². The number of nitrogens with zero attached hydrogens (tertiary/aromatic N) is 1. The van der Waals surface area contributed by atoms with Crippen LogP contribution in [0.2, 0.25) is 0 Å². The van der Waals surface area contributed by atoms with E-state index in [0.29, 0.717) is 0 Å². The Morgan fingerprint density at radius 2 is 1.21 bits per heavy atom. The van der Waals surface area contributed by atoms with Crippen LogP contribution < -0.4 is 26.0 Å². The molecule has 0 fully saturated rings. The van der Waals surface area contributed by atoms with Gasteiger partial charge in [0.1, 0.15) is 11.5 Å². The lowest BCUT2D eigenvalue weighted by molar-refractivity contribution is 0.487. The summed E-state index contributed by atoms with van der Waals surface area (Å²) in [7, 11) is 0. The molecule has 5 aromatic rings. The maximum absolute atomic E-state index is 6.73. The number of hydrogen-bond acceptors (Lipinski definition) is 2. The molecular formula is C35H30BNO. The molecule has 2 nitrogen and oxygen atoms in total. The van der Waals surface area contributed by atoms with Gasteiger partial charge < -0.3 is 9.64 Å². The van der Waals surface area contributed by atoms with Crippen molar-refractivity contribution in [1.82, 2.24) is 0 Å². The third kappa shape index (κ3) is 3.35. The van der Waals surface area contributed by atoms with E-state index in [1.165, 1.54) is 66.7 Å². The summed E-state index contributed by atoms with van der Waals surface area (Å²) in [5, 5.41) is 0. The maximum atomic E-state index is 6.73. The molecule has 3 heteroatoms. The molecule has 2 aliphatic heterocycles. The Bertz CT molecular complexity index is 1730. The van der Waals surface area contributed by atoms with E-state index in [1.54, 1.807) is 0 Å². The van der Waals surface area contributed by atoms with E-state index < -0.39 is 0 Å². The summed E-state index contributed by atoms with van der Waals surface area (Å²) >= 11 is 0. The first-order chi connectivity index (χ1) is 18.4. The summed E-state index contributed by atoms with van der Waals surface area (Å²) < 4.78 is 6.73. The fourth-order valence-corrected chi connectivity index (χ4v) is 6.84. The lowest BCUT2D eigenvalue weighted by Crippen LogP contribution is -2.60. The molecule has 0 aliphatic carbocycles. The highest BCUT2D eigenvalue weighted by Crippen LogP contribution is 2.44. The largest absolute Gasteiger partial charge is 0.458 e. The number of benzene rings is 5. The van der Waals surface area contributed by atoms with Gasteiger partial charge >= 0.3 is 0 Å². The molecule has 0 atom stereocenters. The highest BCUT2D eigenvalue weighted by atomic mass is 16.5. The summed E-state index contributed by atoms with van der Waals surface area (Å²) in [6.07, 6.45) is 0. The van der Waals surface area contributed by atoms with Crippen LogP contribution in [0.5, 0.6) is 11.5 Å². The van der Waals surface area contributed by atoms with Crippen molar-refractivity contribution in [3.63, 3.8) is 0 Å². The van der Waals surface area contributed by atoms with Gasteiger partial charge in [-0.05, 0) is 115 Å². The van der Waals surface area contributed by atoms with E-state index in [1.807, 2.05) is 0 Å². The standard InChI is InChI=1S/C35H30BNO/c1-21-15-23(3)33(24(4)16-21)26-19-30-35-32(20-26)38-31-14-10-9-13-28(31)36(35)34-25(5)17-22(2)18-29(34)37(30)27-11-7-6-8-12-27/h6-20H,1-5H3. The highest BCUT2D eigenvalue weighted by Gasteiger charge is 2.43. The molecule has 0 radical (unpaired) electrons. The van der Waals surface area contributed by atoms with Crippen LogP contribution in [-0.2, 0) is 0 Å². The molecule has 38 heavy (non-hydrogen) atoms. The molecule has 0 unspecified atom stereocenters. The van der Waals surface area contributed by atoms with Crippen molar-refractivity contribution in [2.75, 3.05) is 4.90 Å². The van der Waals surface area contributed by atoms with Crippen LogP contribution in [0.4, 0.5) is 17.1 Å². The molecule has 184 valence electrons. The van der Waals surface area contributed by atoms with E-state index in [0.717, 1.165) is 17.2 Å². The molecule has 0 saturated heterocycles. The molecule has 0 aromatic heterocycles. The third-order valence-electron chi connectivity index (χ3n) is 8.12. The summed E-state index contributed by atoms with van der Waals surface area (Å²) in [4.78, 5) is 2.45. The average Bonchev–Trinajstić information content (AvgIpc) is 2.88. The Balaban J connectivity index is 1.61. The zero-order valence-electron chi connectivity index (χ0n) is 22.6. The Hall–Kier alpha value is -4.24. The van der Waals surface area contributed by atoms with Crippen molar-refractivity contribution in [3.05, 3.63) is 119 Å². The smallest absolute Gasteiger partial charge is 0.256 e. The molecule has 5 aromatic carbocycles. The third-order valence-corrected chi connectivity index (χ3v) is 8.12. The van der Waals surface area contributed by atoms with E-state index in [9.17, 15) is 0 Å². The van der Waals surface area contributed by atoms with Crippen molar-refractivity contribution in [2.24, 2.45) is 0 Å². The first-order valence-corrected chi connectivity index (χ1v) is 13.4. The van der Waals surface area contributed by atoms with Gasteiger partial charge in [-0.15, -0.1) is 0 Å². The highest BCUT2D eigenvalue weighted by molar-refractivity contribution is 6.99. The SMILES string of the molecule is Cc1cc(C)c(-c2cc3c4c(c2)N(c2ccccc2)c2cc(C)cc(C)c2B4c2ccccc2O3)c(C)c1. The predicted molar refractivity (Wildman–Crippen MR) is 161 cm³/mol.